The predicted molar refractivity (Wildman–Crippen MR) is 261 cm³/mol. The third-order valence-electron chi connectivity index (χ3n) is 14.7. The van der Waals surface area contributed by atoms with Crippen molar-refractivity contribution >= 4 is 28.9 Å². The first-order valence-corrected chi connectivity index (χ1v) is 24.2. The van der Waals surface area contributed by atoms with E-state index in [0.717, 1.165) is 137 Å². The summed E-state index contributed by atoms with van der Waals surface area (Å²) >= 11 is 0. The van der Waals surface area contributed by atoms with Crippen LogP contribution in [0.15, 0.2) is 49.1 Å². The van der Waals surface area contributed by atoms with Gasteiger partial charge in [-0.2, -0.15) is 0 Å². The minimum Gasteiger partial charge on any atom is -0.494 e. The number of hydrogen-bond donors (Lipinski definition) is 3. The summed E-state index contributed by atoms with van der Waals surface area (Å²) in [7, 11) is 1.69. The molecule has 1 saturated carbocycles. The van der Waals surface area contributed by atoms with Crippen molar-refractivity contribution in [3.63, 3.8) is 0 Å². The van der Waals surface area contributed by atoms with Gasteiger partial charge in [-0.05, 0) is 96.6 Å². The molecule has 3 aromatic rings. The normalized spacial score (nSPS) is 22.4. The number of ketones is 1. The molecular weight excluding hydrogens is 819 g/mol. The molecule has 15 heteroatoms. The Kier molecular flexibility index (Phi) is 13.9. The van der Waals surface area contributed by atoms with E-state index in [1.54, 1.807) is 25.3 Å². The highest BCUT2D eigenvalue weighted by atomic mass is 16.5. The minimum absolute atomic E-state index is 0. The molecule has 1 aliphatic carbocycles. The molecule has 6 aliphatic rings. The zero-order chi connectivity index (χ0) is 46.0. The highest BCUT2D eigenvalue weighted by molar-refractivity contribution is 6.00. The van der Waals surface area contributed by atoms with E-state index < -0.39 is 6.04 Å². The molecular formula is C50H77N11O4. The van der Waals surface area contributed by atoms with Crippen molar-refractivity contribution in [3.8, 4) is 11.6 Å². The third-order valence-corrected chi connectivity index (χ3v) is 14.7. The van der Waals surface area contributed by atoms with E-state index in [4.69, 9.17) is 25.2 Å². The van der Waals surface area contributed by atoms with E-state index in [-0.39, 0.29) is 31.7 Å². The SMILES string of the molecule is C=C(N)C(CCC(C)=O)N1Cc2c(ccc(N3CCC(CN4CCN(CC5CCN(c6cc(C7NNc8cnc(OC9(C)CC9)cc87)ncn6)CC5)CC4(C)C)CC3)c2OC)C1=O.CC.[HH].[HH]. The largest absolute Gasteiger partial charge is 0.494 e. The van der Waals surface area contributed by atoms with E-state index in [0.29, 0.717) is 48.4 Å². The molecule has 4 N–H and O–H groups in total. The predicted octanol–water partition coefficient (Wildman–Crippen LogP) is 7.04. The van der Waals surface area contributed by atoms with Gasteiger partial charge >= 0.3 is 0 Å². The molecule has 5 aliphatic heterocycles. The van der Waals surface area contributed by atoms with Gasteiger partial charge in [0.25, 0.3) is 5.91 Å². The molecule has 2 aromatic heterocycles. The number of anilines is 3. The number of carbonyl (C=O) groups is 2. The maximum absolute atomic E-state index is 13.6. The average molecular weight is 896 g/mol. The number of piperazine rings is 1. The fourth-order valence-electron chi connectivity index (χ4n) is 10.7. The second-order valence-corrected chi connectivity index (χ2v) is 19.9. The summed E-state index contributed by atoms with van der Waals surface area (Å²) in [6.07, 6.45) is 11.0. The number of rotatable bonds is 15. The van der Waals surface area contributed by atoms with Crippen molar-refractivity contribution in [3.05, 3.63) is 71.4 Å². The molecule has 4 fully saturated rings. The number of hydrazine groups is 1. The summed E-state index contributed by atoms with van der Waals surface area (Å²) in [6.45, 7) is 26.3. The van der Waals surface area contributed by atoms with E-state index in [2.05, 4.69) is 68.9 Å². The lowest BCUT2D eigenvalue weighted by molar-refractivity contribution is -0.117. The number of carbonyl (C=O) groups excluding carboxylic acids is 2. The van der Waals surface area contributed by atoms with E-state index in [1.807, 2.05) is 38.2 Å². The van der Waals surface area contributed by atoms with Crippen molar-refractivity contribution in [2.24, 2.45) is 17.6 Å². The first-order valence-electron chi connectivity index (χ1n) is 24.2. The number of benzene rings is 1. The molecule has 0 radical (unpaired) electrons. The molecule has 15 nitrogen and oxygen atoms in total. The van der Waals surface area contributed by atoms with Gasteiger partial charge < -0.3 is 40.1 Å². The van der Waals surface area contributed by atoms with E-state index >= 15 is 0 Å². The van der Waals surface area contributed by atoms with Crippen molar-refractivity contribution in [1.29, 1.82) is 0 Å². The molecule has 356 valence electrons. The van der Waals surface area contributed by atoms with E-state index in [9.17, 15) is 9.59 Å². The standard InChI is InChI=1S/C48H67N11O4.C2H6.2H2/c1-31(60)7-9-40(32(2)49)59-28-37-35(46(59)61)8-10-41(45(37)62-6)56-17-11-34(12-18-56)27-58-22-21-55(29-47(58,3)4)26-33-13-19-57(20-14-33)42-24-38(51-30-52-42)44-36-23-43(63-48(5)15-16-48)50-25-39(36)53-54-44;1-2;;/h8,10,23-25,30,33-34,40,44,53-54H,2,7,9,11-22,26-29,49H2,1,3-6H3;1-2H3;2*1H. The lowest BCUT2D eigenvalue weighted by atomic mass is 9.90. The first-order chi connectivity index (χ1) is 31.3. The molecule has 9 rings (SSSR count). The van der Waals surface area contributed by atoms with Gasteiger partial charge in [-0.25, -0.2) is 20.4 Å². The van der Waals surface area contributed by atoms with Gasteiger partial charge in [0, 0.05) is 108 Å². The van der Waals surface area contributed by atoms with Crippen LogP contribution in [0.3, 0.4) is 0 Å². The summed E-state index contributed by atoms with van der Waals surface area (Å²) < 4.78 is 12.2. The molecule has 1 amide bonds. The zero-order valence-electron chi connectivity index (χ0n) is 40.0. The fourth-order valence-corrected chi connectivity index (χ4v) is 10.7. The van der Waals surface area contributed by atoms with Crippen LogP contribution in [0.2, 0.25) is 0 Å². The van der Waals surface area contributed by atoms with Crippen LogP contribution >= 0.6 is 0 Å². The van der Waals surface area contributed by atoms with Crippen LogP contribution in [0.5, 0.6) is 11.6 Å². The van der Waals surface area contributed by atoms with Crippen LogP contribution in [0, 0.1) is 11.8 Å². The number of methoxy groups -OCH3 is 1. The van der Waals surface area contributed by atoms with Crippen LogP contribution in [0.1, 0.15) is 129 Å². The van der Waals surface area contributed by atoms with E-state index in [1.165, 1.54) is 0 Å². The number of pyridine rings is 1. The second-order valence-electron chi connectivity index (χ2n) is 19.9. The Hall–Kier alpha value is -4.99. The highest BCUT2D eigenvalue weighted by Gasteiger charge is 2.42. The molecule has 65 heavy (non-hydrogen) atoms. The number of fused-ring (bicyclic) bond motifs is 2. The summed E-state index contributed by atoms with van der Waals surface area (Å²) in [5, 5.41) is 0. The Morgan fingerprint density at radius 1 is 0.969 bits per heavy atom. The number of amides is 1. The lowest BCUT2D eigenvalue weighted by Crippen LogP contribution is -2.61. The van der Waals surface area contributed by atoms with Crippen LogP contribution in [0.4, 0.5) is 17.2 Å². The Morgan fingerprint density at radius 3 is 2.34 bits per heavy atom. The molecule has 2 unspecified atom stereocenters. The molecule has 7 heterocycles. The summed E-state index contributed by atoms with van der Waals surface area (Å²) in [4.78, 5) is 51.3. The maximum atomic E-state index is 13.6. The number of piperidine rings is 2. The fraction of sp³-hybridized carbons (Fsp3) is 0.620. The number of Topliss-reactive ketones (excluding diaryl/α,β-unsaturated/α-hetero) is 1. The summed E-state index contributed by atoms with van der Waals surface area (Å²) in [5.41, 5.74) is 18.8. The second kappa shape index (κ2) is 19.5. The van der Waals surface area contributed by atoms with Crippen LogP contribution in [0.25, 0.3) is 0 Å². The van der Waals surface area contributed by atoms with Crippen LogP contribution in [-0.2, 0) is 11.3 Å². The highest BCUT2D eigenvalue weighted by Crippen LogP contribution is 2.43. The average Bonchev–Trinajstić information content (AvgIpc) is 3.72. The van der Waals surface area contributed by atoms with Gasteiger partial charge in [0.05, 0.1) is 49.0 Å². The number of nitrogens with one attached hydrogen (secondary N) is 2. The van der Waals surface area contributed by atoms with Gasteiger partial charge in [-0.1, -0.05) is 20.4 Å². The molecule has 0 spiro atoms. The molecule has 1 aromatic carbocycles. The number of nitrogens with zero attached hydrogens (tertiary/aromatic N) is 8. The third kappa shape index (κ3) is 10.2. The maximum Gasteiger partial charge on any atom is 0.255 e. The Morgan fingerprint density at radius 2 is 1.68 bits per heavy atom. The number of hydrogen-bond acceptors (Lipinski definition) is 14. The molecule has 3 saturated heterocycles. The zero-order valence-corrected chi connectivity index (χ0v) is 40.0. The summed E-state index contributed by atoms with van der Waals surface area (Å²) in [6, 6.07) is 7.67. The number of ether oxygens (including phenoxy) is 2. The van der Waals surface area contributed by atoms with Crippen LogP contribution in [-0.4, -0.2) is 125 Å². The molecule has 2 atom stereocenters. The van der Waals surface area contributed by atoms with Gasteiger partial charge in [0.2, 0.25) is 5.88 Å². The topological polar surface area (TPSA) is 158 Å². The van der Waals surface area contributed by atoms with Crippen LogP contribution < -0.4 is 35.9 Å². The number of nitrogens with two attached hydrogens (primary N) is 1. The van der Waals surface area contributed by atoms with Gasteiger partial charge in [-0.15, -0.1) is 0 Å². The van der Waals surface area contributed by atoms with Crippen molar-refractivity contribution in [1.82, 2.24) is 35.1 Å². The van der Waals surface area contributed by atoms with Crippen molar-refractivity contribution < 1.29 is 21.9 Å². The Balaban J connectivity index is 0.00000183. The molecule has 0 bridgehead atoms. The Labute approximate surface area is 389 Å². The van der Waals surface area contributed by atoms with Gasteiger partial charge in [0.1, 0.15) is 29.3 Å². The smallest absolute Gasteiger partial charge is 0.255 e. The minimum atomic E-state index is -0.394. The monoisotopic (exact) mass is 896 g/mol. The number of aromatic nitrogens is 3. The summed E-state index contributed by atoms with van der Waals surface area (Å²) in [5.74, 6) is 3.71. The van der Waals surface area contributed by atoms with Gasteiger partial charge in [-0.3, -0.25) is 14.6 Å². The van der Waals surface area contributed by atoms with Crippen molar-refractivity contribution in [2.45, 2.75) is 123 Å². The Bertz CT molecular complexity index is 2210. The van der Waals surface area contributed by atoms with Gasteiger partial charge in [0.15, 0.2) is 0 Å². The quantitative estimate of drug-likeness (QED) is 0.143. The van der Waals surface area contributed by atoms with Crippen molar-refractivity contribution in [2.75, 3.05) is 81.2 Å². The lowest BCUT2D eigenvalue weighted by Gasteiger charge is -2.50. The first kappa shape index (κ1) is 46.5.